The first kappa shape index (κ1) is 27.2. The average molecular weight is 535 g/mol. The van der Waals surface area contributed by atoms with E-state index in [1.165, 1.54) is 18.2 Å². The number of rotatable bonds is 9. The standard InChI is InChI=1S/C18H15F6NO7S2/c19-17(20,21)10-31-12-6-7-14(32-11-18(22,23)24)15(8-12)34(29,30)25-33(28,9-16(26)27)13-4-2-1-3-5-13/h1-8H,9-11H2,(H,26,27). The SMILES string of the molecule is O=C(O)CS(=O)(=NS(=O)(=O)c1cc(OCC(F)(F)F)ccc1OCC(F)(F)F)c1ccccc1. The maximum atomic E-state index is 13.2. The molecule has 34 heavy (non-hydrogen) atoms. The zero-order valence-corrected chi connectivity index (χ0v) is 18.3. The summed E-state index contributed by atoms with van der Waals surface area (Å²) < 4.78 is 126. The highest BCUT2D eigenvalue weighted by Gasteiger charge is 2.32. The maximum absolute atomic E-state index is 13.2. The van der Waals surface area contributed by atoms with Gasteiger partial charge in [0.25, 0.3) is 10.0 Å². The summed E-state index contributed by atoms with van der Waals surface area (Å²) in [5.41, 5.74) is 0. The van der Waals surface area contributed by atoms with Crippen molar-refractivity contribution < 1.29 is 58.3 Å². The minimum absolute atomic E-state index is 0.316. The summed E-state index contributed by atoms with van der Waals surface area (Å²) in [6.07, 6.45) is -9.73. The maximum Gasteiger partial charge on any atom is 0.422 e. The number of benzene rings is 2. The highest BCUT2D eigenvalue weighted by molar-refractivity contribution is 8.03. The molecule has 0 aliphatic heterocycles. The number of nitrogens with zero attached hydrogens (tertiary/aromatic N) is 1. The molecule has 0 saturated carbocycles. The molecule has 0 aliphatic carbocycles. The molecule has 1 atom stereocenters. The first-order chi connectivity index (χ1) is 15.5. The Balaban J connectivity index is 2.66. The monoisotopic (exact) mass is 535 g/mol. The number of hydrogen-bond donors (Lipinski definition) is 1. The Morgan fingerprint density at radius 3 is 1.97 bits per heavy atom. The van der Waals surface area contributed by atoms with Gasteiger partial charge in [0.15, 0.2) is 13.2 Å². The number of aliphatic carboxylic acids is 1. The molecule has 188 valence electrons. The fraction of sp³-hybridized carbons (Fsp3) is 0.278. The first-order valence-corrected chi connectivity index (χ1v) is 11.9. The molecule has 1 unspecified atom stereocenters. The molecule has 0 radical (unpaired) electrons. The summed E-state index contributed by atoms with van der Waals surface area (Å²) in [4.78, 5) is 9.69. The van der Waals surface area contributed by atoms with Gasteiger partial charge in [-0.1, -0.05) is 18.2 Å². The topological polar surface area (TPSA) is 119 Å². The van der Waals surface area contributed by atoms with Gasteiger partial charge in [0, 0.05) is 11.0 Å². The molecule has 0 aliphatic rings. The minimum Gasteiger partial charge on any atom is -0.484 e. The zero-order valence-electron chi connectivity index (χ0n) is 16.7. The highest BCUT2D eigenvalue weighted by atomic mass is 32.3. The van der Waals surface area contributed by atoms with Crippen LogP contribution in [0.15, 0.2) is 62.1 Å². The van der Waals surface area contributed by atoms with E-state index in [4.69, 9.17) is 5.11 Å². The molecule has 0 aromatic heterocycles. The Bertz CT molecular complexity index is 1250. The van der Waals surface area contributed by atoms with Crippen LogP contribution in [0.4, 0.5) is 26.3 Å². The van der Waals surface area contributed by atoms with Gasteiger partial charge >= 0.3 is 18.3 Å². The van der Waals surface area contributed by atoms with Crippen molar-refractivity contribution in [1.29, 1.82) is 0 Å². The Kier molecular flexibility index (Phi) is 8.08. The van der Waals surface area contributed by atoms with Crippen LogP contribution in [0.25, 0.3) is 0 Å². The zero-order chi connectivity index (χ0) is 25.8. The first-order valence-electron chi connectivity index (χ1n) is 8.82. The molecule has 0 bridgehead atoms. The predicted molar refractivity (Wildman–Crippen MR) is 105 cm³/mol. The van der Waals surface area contributed by atoms with Gasteiger partial charge in [0.1, 0.15) is 31.9 Å². The summed E-state index contributed by atoms with van der Waals surface area (Å²) in [5, 5.41) is 9.09. The third-order valence-electron chi connectivity index (χ3n) is 3.64. The molecular weight excluding hydrogens is 520 g/mol. The van der Waals surface area contributed by atoms with Gasteiger partial charge < -0.3 is 14.6 Å². The van der Waals surface area contributed by atoms with Crippen LogP contribution >= 0.6 is 0 Å². The van der Waals surface area contributed by atoms with Crippen molar-refractivity contribution in [3.8, 4) is 11.5 Å². The third kappa shape index (κ3) is 8.09. The molecule has 1 N–H and O–H groups in total. The van der Waals surface area contributed by atoms with E-state index in [1.54, 1.807) is 0 Å². The molecule has 0 spiro atoms. The van der Waals surface area contributed by atoms with Crippen molar-refractivity contribution in [2.75, 3.05) is 19.0 Å². The Hall–Kier alpha value is -3.01. The number of carboxylic acids is 1. The summed E-state index contributed by atoms with van der Waals surface area (Å²) in [7, 11) is -9.50. The summed E-state index contributed by atoms with van der Waals surface area (Å²) in [6.45, 7) is -3.83. The lowest BCUT2D eigenvalue weighted by Crippen LogP contribution is -2.21. The number of halogens is 6. The highest BCUT2D eigenvalue weighted by Crippen LogP contribution is 2.33. The van der Waals surface area contributed by atoms with Crippen LogP contribution in [0.1, 0.15) is 0 Å². The normalized spacial score (nSPS) is 14.2. The summed E-state index contributed by atoms with van der Waals surface area (Å²) in [6, 6.07) is 8.03. The van der Waals surface area contributed by atoms with E-state index in [2.05, 4.69) is 13.2 Å². The van der Waals surface area contributed by atoms with E-state index in [9.17, 15) is 43.8 Å². The Morgan fingerprint density at radius 1 is 0.882 bits per heavy atom. The predicted octanol–water partition coefficient (Wildman–Crippen LogP) is 3.87. The molecule has 2 rings (SSSR count). The van der Waals surface area contributed by atoms with Crippen LogP contribution in [0.2, 0.25) is 0 Å². The van der Waals surface area contributed by atoms with Crippen LogP contribution in [0.3, 0.4) is 0 Å². The van der Waals surface area contributed by atoms with Gasteiger partial charge in [0.2, 0.25) is 0 Å². The largest absolute Gasteiger partial charge is 0.484 e. The fourth-order valence-electron chi connectivity index (χ4n) is 2.38. The summed E-state index contributed by atoms with van der Waals surface area (Å²) in [5.74, 6) is -4.71. The van der Waals surface area contributed by atoms with Crippen molar-refractivity contribution in [1.82, 2.24) is 0 Å². The fourth-order valence-corrected chi connectivity index (χ4v) is 6.25. The van der Waals surface area contributed by atoms with E-state index in [0.29, 0.717) is 12.1 Å². The van der Waals surface area contributed by atoms with E-state index >= 15 is 0 Å². The number of sulfonamides is 1. The van der Waals surface area contributed by atoms with Crippen molar-refractivity contribution in [2.45, 2.75) is 22.1 Å². The quantitative estimate of drug-likeness (QED) is 0.484. The molecule has 0 amide bonds. The van der Waals surface area contributed by atoms with Gasteiger partial charge in [-0.05, 0) is 24.3 Å². The average Bonchev–Trinajstić information content (AvgIpc) is 2.69. The number of carboxylic acid groups (broad SMARTS) is 1. The van der Waals surface area contributed by atoms with Gasteiger partial charge in [-0.15, -0.1) is 3.77 Å². The lowest BCUT2D eigenvalue weighted by Gasteiger charge is -2.15. The smallest absolute Gasteiger partial charge is 0.422 e. The van der Waals surface area contributed by atoms with Crippen molar-refractivity contribution in [3.05, 3.63) is 48.5 Å². The molecule has 0 fully saturated rings. The van der Waals surface area contributed by atoms with Crippen molar-refractivity contribution in [2.24, 2.45) is 3.77 Å². The Morgan fingerprint density at radius 2 is 1.44 bits per heavy atom. The summed E-state index contributed by atoms with van der Waals surface area (Å²) >= 11 is 0. The van der Waals surface area contributed by atoms with Crippen LogP contribution < -0.4 is 9.47 Å². The van der Waals surface area contributed by atoms with Gasteiger partial charge in [0.05, 0.1) is 0 Å². The van der Waals surface area contributed by atoms with E-state index in [0.717, 1.165) is 18.2 Å². The van der Waals surface area contributed by atoms with Crippen LogP contribution in [0, 0.1) is 0 Å². The van der Waals surface area contributed by atoms with E-state index in [-0.39, 0.29) is 4.90 Å². The molecule has 0 heterocycles. The molecule has 16 heteroatoms. The second-order valence-corrected chi connectivity index (χ2v) is 10.5. The third-order valence-corrected chi connectivity index (χ3v) is 7.91. The number of alkyl halides is 6. The minimum atomic E-state index is -5.25. The Labute approximate surface area is 189 Å². The van der Waals surface area contributed by atoms with Gasteiger partial charge in [-0.2, -0.15) is 34.8 Å². The second-order valence-electron chi connectivity index (χ2n) is 6.46. The van der Waals surface area contributed by atoms with Crippen molar-refractivity contribution >= 4 is 25.7 Å². The van der Waals surface area contributed by atoms with Crippen LogP contribution in [0.5, 0.6) is 11.5 Å². The van der Waals surface area contributed by atoms with E-state index < -0.39 is 73.4 Å². The van der Waals surface area contributed by atoms with Gasteiger partial charge in [-0.25, -0.2) is 4.21 Å². The second kappa shape index (κ2) is 10.1. The molecular formula is C18H15F6NO7S2. The number of carbonyl (C=O) groups is 1. The molecule has 0 saturated heterocycles. The lowest BCUT2D eigenvalue weighted by molar-refractivity contribution is -0.154. The molecule has 2 aromatic carbocycles. The number of hydrogen-bond acceptors (Lipinski definition) is 6. The number of ether oxygens (including phenoxy) is 2. The molecule has 2 aromatic rings. The van der Waals surface area contributed by atoms with E-state index in [1.807, 2.05) is 0 Å². The lowest BCUT2D eigenvalue weighted by atomic mass is 10.3. The van der Waals surface area contributed by atoms with Crippen molar-refractivity contribution in [3.63, 3.8) is 0 Å². The molecule has 8 nitrogen and oxygen atoms in total. The van der Waals surface area contributed by atoms with Crippen LogP contribution in [-0.4, -0.2) is 55.0 Å². The van der Waals surface area contributed by atoms with Crippen LogP contribution in [-0.2, 0) is 24.5 Å². The van der Waals surface area contributed by atoms with Gasteiger partial charge in [-0.3, -0.25) is 4.79 Å².